The molecule has 0 bridgehead atoms. The molecule has 0 aliphatic heterocycles. The molecule has 0 aromatic heterocycles. The summed E-state index contributed by atoms with van der Waals surface area (Å²) in [7, 11) is 0. The van der Waals surface area contributed by atoms with Crippen LogP contribution in [0.3, 0.4) is 0 Å². The zero-order valence-electron chi connectivity index (χ0n) is 8.77. The van der Waals surface area contributed by atoms with E-state index in [1.165, 1.54) is 0 Å². The first-order chi connectivity index (χ1) is 7.07. The van der Waals surface area contributed by atoms with Crippen molar-refractivity contribution in [3.05, 3.63) is 29.3 Å². The van der Waals surface area contributed by atoms with Crippen LogP contribution in [0.1, 0.15) is 13.8 Å². The standard InChI is InChI=1S/C11H14ClNO2/c1-3-13(8(2)11(14)15)10-7-5-4-6-9(10)12/h4-8H,3H2,1-2H3,(H,14,15)/t8-/m0/s1. The Labute approximate surface area is 94.3 Å². The van der Waals surface area contributed by atoms with Crippen molar-refractivity contribution in [1.29, 1.82) is 0 Å². The van der Waals surface area contributed by atoms with E-state index in [2.05, 4.69) is 0 Å². The third kappa shape index (κ3) is 2.63. The average Bonchev–Trinajstić information content (AvgIpc) is 2.21. The summed E-state index contributed by atoms with van der Waals surface area (Å²) in [6.07, 6.45) is 0. The lowest BCUT2D eigenvalue weighted by molar-refractivity contribution is -0.138. The van der Waals surface area contributed by atoms with Crippen LogP contribution < -0.4 is 4.90 Å². The minimum absolute atomic E-state index is 0.574. The van der Waals surface area contributed by atoms with Crippen molar-refractivity contribution in [3.63, 3.8) is 0 Å². The van der Waals surface area contributed by atoms with Crippen LogP contribution in [-0.4, -0.2) is 23.7 Å². The zero-order valence-corrected chi connectivity index (χ0v) is 9.53. The first-order valence-corrected chi connectivity index (χ1v) is 5.19. The quantitative estimate of drug-likeness (QED) is 0.860. The minimum atomic E-state index is -0.850. The highest BCUT2D eigenvalue weighted by Crippen LogP contribution is 2.26. The maximum absolute atomic E-state index is 10.9. The monoisotopic (exact) mass is 227 g/mol. The van der Waals surface area contributed by atoms with E-state index in [4.69, 9.17) is 16.7 Å². The van der Waals surface area contributed by atoms with Crippen LogP contribution in [0.4, 0.5) is 5.69 Å². The molecule has 0 saturated heterocycles. The molecule has 0 heterocycles. The fraction of sp³-hybridized carbons (Fsp3) is 0.364. The third-order valence-electron chi connectivity index (χ3n) is 2.33. The fourth-order valence-corrected chi connectivity index (χ4v) is 1.72. The van der Waals surface area contributed by atoms with Gasteiger partial charge < -0.3 is 10.0 Å². The molecule has 15 heavy (non-hydrogen) atoms. The third-order valence-corrected chi connectivity index (χ3v) is 2.65. The van der Waals surface area contributed by atoms with Crippen LogP contribution in [-0.2, 0) is 4.79 Å². The van der Waals surface area contributed by atoms with Crippen molar-refractivity contribution in [1.82, 2.24) is 0 Å². The Balaban J connectivity index is 3.02. The number of halogens is 1. The molecule has 1 atom stereocenters. The molecule has 1 N–H and O–H groups in total. The van der Waals surface area contributed by atoms with Crippen molar-refractivity contribution >= 4 is 23.3 Å². The number of anilines is 1. The number of hydrogen-bond acceptors (Lipinski definition) is 2. The minimum Gasteiger partial charge on any atom is -0.480 e. The van der Waals surface area contributed by atoms with Crippen LogP contribution in [0.5, 0.6) is 0 Å². The summed E-state index contributed by atoms with van der Waals surface area (Å²) in [6.45, 7) is 4.16. The Morgan fingerprint density at radius 2 is 2.13 bits per heavy atom. The number of hydrogen-bond donors (Lipinski definition) is 1. The van der Waals surface area contributed by atoms with E-state index in [1.807, 2.05) is 25.1 Å². The molecule has 3 nitrogen and oxygen atoms in total. The molecule has 0 spiro atoms. The second kappa shape index (κ2) is 5.03. The van der Waals surface area contributed by atoms with Crippen LogP contribution in [0, 0.1) is 0 Å². The summed E-state index contributed by atoms with van der Waals surface area (Å²) < 4.78 is 0. The van der Waals surface area contributed by atoms with Gasteiger partial charge in [0.1, 0.15) is 6.04 Å². The molecule has 1 aromatic rings. The Morgan fingerprint density at radius 1 is 1.53 bits per heavy atom. The van der Waals surface area contributed by atoms with Crippen LogP contribution in [0.15, 0.2) is 24.3 Å². The largest absolute Gasteiger partial charge is 0.480 e. The van der Waals surface area contributed by atoms with Crippen molar-refractivity contribution in [2.75, 3.05) is 11.4 Å². The van der Waals surface area contributed by atoms with E-state index in [0.717, 1.165) is 5.69 Å². The topological polar surface area (TPSA) is 40.5 Å². The van der Waals surface area contributed by atoms with E-state index >= 15 is 0 Å². The number of rotatable bonds is 4. The predicted molar refractivity (Wildman–Crippen MR) is 61.6 cm³/mol. The Morgan fingerprint density at radius 3 is 2.60 bits per heavy atom. The van der Waals surface area contributed by atoms with E-state index < -0.39 is 12.0 Å². The maximum atomic E-state index is 10.9. The van der Waals surface area contributed by atoms with Gasteiger partial charge in [0.05, 0.1) is 10.7 Å². The van der Waals surface area contributed by atoms with Gasteiger partial charge in [0.2, 0.25) is 0 Å². The predicted octanol–water partition coefficient (Wildman–Crippen LogP) is 2.64. The summed E-state index contributed by atoms with van der Waals surface area (Å²) in [4.78, 5) is 12.7. The number of aliphatic carboxylic acids is 1. The molecule has 0 saturated carbocycles. The fourth-order valence-electron chi connectivity index (χ4n) is 1.47. The molecule has 0 aliphatic carbocycles. The van der Waals surface area contributed by atoms with Crippen LogP contribution in [0.2, 0.25) is 5.02 Å². The lowest BCUT2D eigenvalue weighted by Crippen LogP contribution is -2.39. The summed E-state index contributed by atoms with van der Waals surface area (Å²) in [5.74, 6) is -0.850. The number of para-hydroxylation sites is 1. The zero-order chi connectivity index (χ0) is 11.4. The van der Waals surface area contributed by atoms with E-state index in [0.29, 0.717) is 11.6 Å². The number of likely N-dealkylation sites (N-methyl/N-ethyl adjacent to an activating group) is 1. The van der Waals surface area contributed by atoms with Gasteiger partial charge in [-0.15, -0.1) is 0 Å². The molecule has 4 heteroatoms. The van der Waals surface area contributed by atoms with Gasteiger partial charge >= 0.3 is 5.97 Å². The normalized spacial score (nSPS) is 12.2. The van der Waals surface area contributed by atoms with Gasteiger partial charge in [0.15, 0.2) is 0 Å². The Hall–Kier alpha value is -1.22. The number of carboxylic acid groups (broad SMARTS) is 1. The van der Waals surface area contributed by atoms with Gasteiger partial charge in [0, 0.05) is 6.54 Å². The molecule has 0 aliphatic rings. The highest BCUT2D eigenvalue weighted by Gasteiger charge is 2.20. The Kier molecular flexibility index (Phi) is 3.97. The number of benzene rings is 1. The Bertz CT molecular complexity index is 354. The molecule has 1 aromatic carbocycles. The van der Waals surface area contributed by atoms with E-state index in [9.17, 15) is 4.79 Å². The molecule has 0 radical (unpaired) electrons. The summed E-state index contributed by atoms with van der Waals surface area (Å²) in [5, 5.41) is 9.53. The molecule has 0 amide bonds. The van der Waals surface area contributed by atoms with E-state index in [1.54, 1.807) is 17.9 Å². The average molecular weight is 228 g/mol. The first-order valence-electron chi connectivity index (χ1n) is 4.82. The summed E-state index contributed by atoms with van der Waals surface area (Å²) in [6, 6.07) is 6.68. The SMILES string of the molecule is CCN(c1ccccc1Cl)[C@@H](C)C(=O)O. The first kappa shape index (κ1) is 11.9. The van der Waals surface area contributed by atoms with Crippen LogP contribution in [0.25, 0.3) is 0 Å². The molecular formula is C11H14ClNO2. The molecular weight excluding hydrogens is 214 g/mol. The van der Waals surface area contributed by atoms with E-state index in [-0.39, 0.29) is 0 Å². The smallest absolute Gasteiger partial charge is 0.326 e. The lowest BCUT2D eigenvalue weighted by atomic mass is 10.2. The summed E-state index contributed by atoms with van der Waals surface area (Å²) in [5.41, 5.74) is 0.761. The van der Waals surface area contributed by atoms with Gasteiger partial charge in [-0.25, -0.2) is 4.79 Å². The van der Waals surface area contributed by atoms with Crippen molar-refractivity contribution in [2.45, 2.75) is 19.9 Å². The highest BCUT2D eigenvalue weighted by atomic mass is 35.5. The van der Waals surface area contributed by atoms with Crippen LogP contribution >= 0.6 is 11.6 Å². The van der Waals surface area contributed by atoms with Gasteiger partial charge in [-0.2, -0.15) is 0 Å². The molecule has 0 unspecified atom stereocenters. The van der Waals surface area contributed by atoms with Gasteiger partial charge in [-0.3, -0.25) is 0 Å². The van der Waals surface area contributed by atoms with Crippen molar-refractivity contribution < 1.29 is 9.90 Å². The number of carboxylic acids is 1. The molecule has 1 rings (SSSR count). The molecule has 82 valence electrons. The maximum Gasteiger partial charge on any atom is 0.326 e. The number of carbonyl (C=O) groups is 1. The molecule has 0 fully saturated rings. The van der Waals surface area contributed by atoms with Gasteiger partial charge in [-0.05, 0) is 26.0 Å². The van der Waals surface area contributed by atoms with Gasteiger partial charge in [0.25, 0.3) is 0 Å². The second-order valence-corrected chi connectivity index (χ2v) is 3.66. The summed E-state index contributed by atoms with van der Waals surface area (Å²) >= 11 is 6.01. The second-order valence-electron chi connectivity index (χ2n) is 3.25. The lowest BCUT2D eigenvalue weighted by Gasteiger charge is -2.27. The van der Waals surface area contributed by atoms with Gasteiger partial charge in [-0.1, -0.05) is 23.7 Å². The van der Waals surface area contributed by atoms with Crippen molar-refractivity contribution in [3.8, 4) is 0 Å². The highest BCUT2D eigenvalue weighted by molar-refractivity contribution is 6.33. The van der Waals surface area contributed by atoms with Crippen molar-refractivity contribution in [2.24, 2.45) is 0 Å². The number of nitrogens with zero attached hydrogens (tertiary/aromatic N) is 1.